The summed E-state index contributed by atoms with van der Waals surface area (Å²) in [5.41, 5.74) is 6.85. The van der Waals surface area contributed by atoms with Crippen LogP contribution in [0.1, 0.15) is 36.1 Å². The lowest BCUT2D eigenvalue weighted by Crippen LogP contribution is -2.26. The molecule has 0 spiro atoms. The molecule has 21 heavy (non-hydrogen) atoms. The fraction of sp³-hybridized carbons (Fsp3) is 0.263. The summed E-state index contributed by atoms with van der Waals surface area (Å²) in [7, 11) is 2.96. The van der Waals surface area contributed by atoms with E-state index in [0.717, 1.165) is 19.5 Å². The van der Waals surface area contributed by atoms with Crippen LogP contribution in [0.15, 0.2) is 36.4 Å². The van der Waals surface area contributed by atoms with Gasteiger partial charge in [0.15, 0.2) is 0 Å². The molecule has 2 aromatic rings. The average Bonchev–Trinajstić information content (AvgIpc) is 2.70. The number of hydrogen-bond donors (Lipinski definition) is 0. The second-order valence-corrected chi connectivity index (χ2v) is 6.03. The number of rotatable bonds is 3. The number of fused-ring (bicyclic) bond motifs is 2. The van der Waals surface area contributed by atoms with Crippen LogP contribution in [0.2, 0.25) is 0 Å². The Morgan fingerprint density at radius 1 is 0.952 bits per heavy atom. The third kappa shape index (κ3) is 2.63. The van der Waals surface area contributed by atoms with Crippen molar-refractivity contribution in [3.63, 3.8) is 0 Å². The van der Waals surface area contributed by atoms with Crippen LogP contribution in [0.5, 0.6) is 0 Å². The van der Waals surface area contributed by atoms with Crippen LogP contribution in [-0.4, -0.2) is 13.1 Å². The normalized spacial score (nSPS) is 12.5. The van der Waals surface area contributed by atoms with Gasteiger partial charge in [-0.15, -0.1) is 9.24 Å². The molecule has 0 saturated carbocycles. The molecule has 0 bridgehead atoms. The third-order valence-corrected chi connectivity index (χ3v) is 4.93. The lowest BCUT2D eigenvalue weighted by atomic mass is 9.99. The molecule has 0 fully saturated rings. The van der Waals surface area contributed by atoms with Crippen LogP contribution in [-0.2, 0) is 6.42 Å². The van der Waals surface area contributed by atoms with Gasteiger partial charge in [0.2, 0.25) is 0 Å². The first-order valence-corrected chi connectivity index (χ1v) is 8.24. The highest BCUT2D eigenvalue weighted by molar-refractivity contribution is 7.28. The van der Waals surface area contributed by atoms with Gasteiger partial charge in [-0.2, -0.15) is 0 Å². The van der Waals surface area contributed by atoms with Gasteiger partial charge >= 0.3 is 0 Å². The van der Waals surface area contributed by atoms with E-state index in [1.54, 1.807) is 0 Å². The fourth-order valence-electron chi connectivity index (χ4n) is 3.10. The van der Waals surface area contributed by atoms with Crippen molar-refractivity contribution in [1.29, 1.82) is 0 Å². The summed E-state index contributed by atoms with van der Waals surface area (Å²) in [5, 5.41) is 1.32. The van der Waals surface area contributed by atoms with Crippen molar-refractivity contribution >= 4 is 32.4 Å². The summed E-state index contributed by atoms with van der Waals surface area (Å²) < 4.78 is 0. The highest BCUT2D eigenvalue weighted by Crippen LogP contribution is 2.28. The molecule has 108 valence electrons. The molecule has 1 aliphatic carbocycles. The minimum absolute atomic E-state index is 1.01. The first-order valence-electron chi connectivity index (χ1n) is 7.66. The van der Waals surface area contributed by atoms with Gasteiger partial charge in [-0.1, -0.05) is 42.5 Å². The number of benzene rings is 2. The molecule has 0 amide bonds. The average molecular weight is 295 g/mol. The maximum atomic E-state index is 2.96. The van der Waals surface area contributed by atoms with Crippen molar-refractivity contribution in [1.82, 2.24) is 0 Å². The van der Waals surface area contributed by atoms with Crippen LogP contribution >= 0.6 is 9.24 Å². The Bertz CT molecular complexity index is 684. The number of hydrogen-bond acceptors (Lipinski definition) is 1. The van der Waals surface area contributed by atoms with Crippen molar-refractivity contribution in [2.75, 3.05) is 18.0 Å². The molecule has 0 saturated heterocycles. The van der Waals surface area contributed by atoms with Crippen molar-refractivity contribution in [2.45, 2.75) is 20.3 Å². The van der Waals surface area contributed by atoms with Crippen LogP contribution in [0.4, 0.5) is 5.69 Å². The van der Waals surface area contributed by atoms with E-state index in [1.807, 2.05) is 0 Å². The molecule has 0 aliphatic heterocycles. The van der Waals surface area contributed by atoms with Crippen molar-refractivity contribution in [3.8, 4) is 0 Å². The van der Waals surface area contributed by atoms with Crippen LogP contribution in [0.25, 0.3) is 12.2 Å². The fourth-order valence-corrected chi connectivity index (χ4v) is 3.66. The Kier molecular flexibility index (Phi) is 4.12. The lowest BCUT2D eigenvalue weighted by molar-refractivity contribution is 0.869. The minimum atomic E-state index is 1.01. The number of nitrogens with zero attached hydrogens (tertiary/aromatic N) is 1. The van der Waals surface area contributed by atoms with Gasteiger partial charge in [-0.25, -0.2) is 0 Å². The monoisotopic (exact) mass is 295 g/mol. The van der Waals surface area contributed by atoms with E-state index in [1.165, 1.54) is 33.2 Å². The van der Waals surface area contributed by atoms with Gasteiger partial charge in [0.05, 0.1) is 0 Å². The predicted molar refractivity (Wildman–Crippen MR) is 97.5 cm³/mol. The van der Waals surface area contributed by atoms with Crippen LogP contribution < -0.4 is 10.2 Å². The van der Waals surface area contributed by atoms with E-state index < -0.39 is 0 Å². The third-order valence-electron chi connectivity index (χ3n) is 4.32. The second-order valence-electron chi connectivity index (χ2n) is 5.45. The van der Waals surface area contributed by atoms with Crippen molar-refractivity contribution < 1.29 is 0 Å². The van der Waals surface area contributed by atoms with Gasteiger partial charge in [0.1, 0.15) is 0 Å². The van der Waals surface area contributed by atoms with E-state index in [-0.39, 0.29) is 0 Å². The topological polar surface area (TPSA) is 3.24 Å². The molecule has 3 rings (SSSR count). The standard InChI is InChI=1S/C19H22NP/c1-3-20(4-2)18-12-10-16-13-15-8-6-5-7-14(15)9-11-17(16)19(18)21/h5-12H,3-4,13,21H2,1-2H3. The zero-order chi connectivity index (χ0) is 14.8. The summed E-state index contributed by atoms with van der Waals surface area (Å²) in [6.07, 6.45) is 5.54. The van der Waals surface area contributed by atoms with E-state index in [0.29, 0.717) is 0 Å². The zero-order valence-corrected chi connectivity index (χ0v) is 13.9. The molecular weight excluding hydrogens is 273 g/mol. The molecular formula is C19H22NP. The first-order chi connectivity index (χ1) is 10.2. The van der Waals surface area contributed by atoms with Crippen molar-refractivity contribution in [2.24, 2.45) is 0 Å². The molecule has 0 N–H and O–H groups in total. The van der Waals surface area contributed by atoms with Gasteiger partial charge < -0.3 is 4.90 Å². The van der Waals surface area contributed by atoms with E-state index >= 15 is 0 Å². The Labute approximate surface area is 129 Å². The summed E-state index contributed by atoms with van der Waals surface area (Å²) in [4.78, 5) is 2.41. The molecule has 0 aromatic heterocycles. The maximum Gasteiger partial charge on any atom is 0.0445 e. The first kappa shape index (κ1) is 14.4. The molecule has 0 heterocycles. The Hall–Kier alpha value is -1.59. The van der Waals surface area contributed by atoms with E-state index in [2.05, 4.69) is 76.5 Å². The smallest absolute Gasteiger partial charge is 0.0445 e. The van der Waals surface area contributed by atoms with Crippen LogP contribution in [0.3, 0.4) is 0 Å². The Balaban J connectivity index is 2.10. The summed E-state index contributed by atoms with van der Waals surface area (Å²) in [6, 6.07) is 13.2. The second kappa shape index (κ2) is 6.03. The summed E-state index contributed by atoms with van der Waals surface area (Å²) in [5.74, 6) is 0. The molecule has 0 radical (unpaired) electrons. The van der Waals surface area contributed by atoms with Gasteiger partial charge in [-0.3, -0.25) is 0 Å². The quantitative estimate of drug-likeness (QED) is 0.657. The van der Waals surface area contributed by atoms with Gasteiger partial charge in [-0.05, 0) is 48.6 Å². The molecule has 2 aromatic carbocycles. The molecule has 2 heteroatoms. The minimum Gasteiger partial charge on any atom is -0.372 e. The Morgan fingerprint density at radius 2 is 1.71 bits per heavy atom. The zero-order valence-electron chi connectivity index (χ0n) is 12.8. The van der Waals surface area contributed by atoms with E-state index in [9.17, 15) is 0 Å². The van der Waals surface area contributed by atoms with E-state index in [4.69, 9.17) is 0 Å². The molecule has 1 nitrogen and oxygen atoms in total. The molecule has 1 unspecified atom stereocenters. The summed E-state index contributed by atoms with van der Waals surface area (Å²) >= 11 is 0. The number of anilines is 1. The lowest BCUT2D eigenvalue weighted by Gasteiger charge is -2.25. The SMILES string of the molecule is CCN(CC)c1ccc2c(c1P)C=Cc1ccccc1C2. The predicted octanol–water partition coefficient (Wildman–Crippen LogP) is 4.11. The van der Waals surface area contributed by atoms with Crippen LogP contribution in [0, 0.1) is 0 Å². The highest BCUT2D eigenvalue weighted by atomic mass is 31.0. The Morgan fingerprint density at radius 3 is 2.48 bits per heavy atom. The molecule has 1 aliphatic rings. The summed E-state index contributed by atoms with van der Waals surface area (Å²) in [6.45, 7) is 6.51. The maximum absolute atomic E-state index is 2.96. The van der Waals surface area contributed by atoms with Crippen molar-refractivity contribution in [3.05, 3.63) is 58.7 Å². The van der Waals surface area contributed by atoms with Gasteiger partial charge in [0, 0.05) is 24.1 Å². The molecule has 1 atom stereocenters. The van der Waals surface area contributed by atoms with Gasteiger partial charge in [0.25, 0.3) is 0 Å². The largest absolute Gasteiger partial charge is 0.372 e. The highest BCUT2D eigenvalue weighted by Gasteiger charge is 2.15.